The van der Waals surface area contributed by atoms with Gasteiger partial charge in [0.2, 0.25) is 0 Å². The van der Waals surface area contributed by atoms with Crippen LogP contribution in [0, 0.1) is 0 Å². The molecule has 4 rings (SSSR count). The molecule has 0 unspecified atom stereocenters. The lowest BCUT2D eigenvalue weighted by Gasteiger charge is -2.07. The number of aromatic amines is 1. The molecule has 8 nitrogen and oxygen atoms in total. The SMILES string of the molecule is COCCNC(=O)c1cccc(-c2nc3c(Nc4cccc(OC)c4)nccc3[nH]2)c1. The summed E-state index contributed by atoms with van der Waals surface area (Å²) in [6.07, 6.45) is 1.71. The molecule has 0 spiro atoms. The zero-order valence-corrected chi connectivity index (χ0v) is 17.3. The Morgan fingerprint density at radius 1 is 1.10 bits per heavy atom. The molecule has 31 heavy (non-hydrogen) atoms. The second-order valence-corrected chi connectivity index (χ2v) is 6.83. The smallest absolute Gasteiger partial charge is 0.251 e. The number of carbonyl (C=O) groups excluding carboxylic acids is 1. The van der Waals surface area contributed by atoms with Crippen molar-refractivity contribution in [3.63, 3.8) is 0 Å². The average Bonchev–Trinajstić information content (AvgIpc) is 3.25. The minimum absolute atomic E-state index is 0.156. The van der Waals surface area contributed by atoms with E-state index in [4.69, 9.17) is 14.5 Å². The molecule has 0 atom stereocenters. The largest absolute Gasteiger partial charge is 0.497 e. The van der Waals surface area contributed by atoms with Crippen LogP contribution in [0.1, 0.15) is 10.4 Å². The molecule has 0 aliphatic carbocycles. The van der Waals surface area contributed by atoms with E-state index in [1.54, 1.807) is 26.5 Å². The number of nitrogens with zero attached hydrogens (tertiary/aromatic N) is 2. The number of imidazole rings is 1. The van der Waals surface area contributed by atoms with E-state index in [0.717, 1.165) is 22.5 Å². The van der Waals surface area contributed by atoms with Gasteiger partial charge in [-0.1, -0.05) is 18.2 Å². The van der Waals surface area contributed by atoms with Crippen molar-refractivity contribution in [1.82, 2.24) is 20.3 Å². The van der Waals surface area contributed by atoms with E-state index in [1.807, 2.05) is 48.5 Å². The number of anilines is 2. The Bertz CT molecular complexity index is 1200. The first-order chi connectivity index (χ1) is 15.2. The third-order valence-corrected chi connectivity index (χ3v) is 4.72. The Morgan fingerprint density at radius 3 is 2.81 bits per heavy atom. The summed E-state index contributed by atoms with van der Waals surface area (Å²) in [6, 6.07) is 16.8. The fraction of sp³-hybridized carbons (Fsp3) is 0.174. The van der Waals surface area contributed by atoms with Crippen molar-refractivity contribution in [2.24, 2.45) is 0 Å². The van der Waals surface area contributed by atoms with Gasteiger partial charge in [0.15, 0.2) is 5.82 Å². The molecule has 158 valence electrons. The monoisotopic (exact) mass is 417 g/mol. The van der Waals surface area contributed by atoms with Crippen molar-refractivity contribution >= 4 is 28.4 Å². The van der Waals surface area contributed by atoms with Crippen LogP contribution in [0.15, 0.2) is 60.8 Å². The van der Waals surface area contributed by atoms with E-state index in [1.165, 1.54) is 0 Å². The predicted molar refractivity (Wildman–Crippen MR) is 120 cm³/mol. The van der Waals surface area contributed by atoms with Crippen LogP contribution in [0.4, 0.5) is 11.5 Å². The van der Waals surface area contributed by atoms with Gasteiger partial charge < -0.3 is 25.1 Å². The van der Waals surface area contributed by atoms with E-state index < -0.39 is 0 Å². The van der Waals surface area contributed by atoms with Gasteiger partial charge in [0.1, 0.15) is 17.1 Å². The van der Waals surface area contributed by atoms with Crippen LogP contribution < -0.4 is 15.4 Å². The van der Waals surface area contributed by atoms with Gasteiger partial charge in [-0.15, -0.1) is 0 Å². The number of hydrogen-bond acceptors (Lipinski definition) is 6. The molecule has 3 N–H and O–H groups in total. The van der Waals surface area contributed by atoms with Crippen LogP contribution in [-0.4, -0.2) is 48.2 Å². The van der Waals surface area contributed by atoms with Gasteiger partial charge in [-0.3, -0.25) is 4.79 Å². The maximum absolute atomic E-state index is 12.4. The quantitative estimate of drug-likeness (QED) is 0.378. The van der Waals surface area contributed by atoms with Crippen LogP contribution in [0.25, 0.3) is 22.4 Å². The van der Waals surface area contributed by atoms with Crippen LogP contribution in [0.2, 0.25) is 0 Å². The number of hydrogen-bond donors (Lipinski definition) is 3. The van der Waals surface area contributed by atoms with E-state index >= 15 is 0 Å². The highest BCUT2D eigenvalue weighted by molar-refractivity contribution is 5.96. The number of amides is 1. The molecule has 0 radical (unpaired) electrons. The minimum atomic E-state index is -0.156. The number of H-pyrrole nitrogens is 1. The van der Waals surface area contributed by atoms with Gasteiger partial charge in [0, 0.05) is 42.7 Å². The molecule has 0 aliphatic rings. The molecule has 4 aromatic rings. The number of ether oxygens (including phenoxy) is 2. The third-order valence-electron chi connectivity index (χ3n) is 4.72. The molecule has 2 aromatic carbocycles. The fourth-order valence-corrected chi connectivity index (χ4v) is 3.18. The molecule has 0 bridgehead atoms. The molecule has 0 aliphatic heterocycles. The number of benzene rings is 2. The van der Waals surface area contributed by atoms with Gasteiger partial charge in [-0.05, 0) is 30.3 Å². The highest BCUT2D eigenvalue weighted by Gasteiger charge is 2.13. The lowest BCUT2D eigenvalue weighted by atomic mass is 10.1. The number of nitrogens with one attached hydrogen (secondary N) is 3. The number of aromatic nitrogens is 3. The first-order valence-corrected chi connectivity index (χ1v) is 9.81. The topological polar surface area (TPSA) is 101 Å². The summed E-state index contributed by atoms with van der Waals surface area (Å²) in [5, 5.41) is 6.12. The Labute approximate surface area is 179 Å². The van der Waals surface area contributed by atoms with Crippen LogP contribution in [0.3, 0.4) is 0 Å². The molecule has 2 aromatic heterocycles. The lowest BCUT2D eigenvalue weighted by Crippen LogP contribution is -2.26. The Hall–Kier alpha value is -3.91. The van der Waals surface area contributed by atoms with Crippen molar-refractivity contribution in [3.05, 3.63) is 66.4 Å². The summed E-state index contributed by atoms with van der Waals surface area (Å²) < 4.78 is 10.3. The summed E-state index contributed by atoms with van der Waals surface area (Å²) in [5.74, 6) is 1.88. The number of rotatable bonds is 8. The van der Waals surface area contributed by atoms with Crippen molar-refractivity contribution in [1.29, 1.82) is 0 Å². The summed E-state index contributed by atoms with van der Waals surface area (Å²) in [4.78, 5) is 24.8. The molecule has 0 saturated carbocycles. The molecular weight excluding hydrogens is 394 g/mol. The maximum Gasteiger partial charge on any atom is 0.251 e. The zero-order valence-electron chi connectivity index (χ0n) is 17.3. The standard InChI is InChI=1S/C23H23N5O3/c1-30-12-11-25-23(29)16-6-3-5-15(13-16)21-27-19-9-10-24-22(20(19)28-21)26-17-7-4-8-18(14-17)31-2/h3-10,13-14H,11-12H2,1-2H3,(H,24,26)(H,25,29)(H,27,28). The lowest BCUT2D eigenvalue weighted by molar-refractivity contribution is 0.0937. The van der Waals surface area contributed by atoms with Crippen LogP contribution in [-0.2, 0) is 4.74 Å². The van der Waals surface area contributed by atoms with Crippen molar-refractivity contribution in [2.45, 2.75) is 0 Å². The van der Waals surface area contributed by atoms with Crippen molar-refractivity contribution < 1.29 is 14.3 Å². The average molecular weight is 417 g/mol. The van der Waals surface area contributed by atoms with Crippen LogP contribution >= 0.6 is 0 Å². The van der Waals surface area contributed by atoms with E-state index in [2.05, 4.69) is 20.6 Å². The normalized spacial score (nSPS) is 10.8. The molecule has 0 fully saturated rings. The van der Waals surface area contributed by atoms with Gasteiger partial charge >= 0.3 is 0 Å². The number of pyridine rings is 1. The molecule has 1 amide bonds. The third kappa shape index (κ3) is 4.65. The Balaban J connectivity index is 1.62. The number of fused-ring (bicyclic) bond motifs is 1. The Kier molecular flexibility index (Phi) is 6.09. The summed E-state index contributed by atoms with van der Waals surface area (Å²) in [7, 11) is 3.23. The molecular formula is C23H23N5O3. The second kappa shape index (κ2) is 9.27. The highest BCUT2D eigenvalue weighted by Crippen LogP contribution is 2.27. The van der Waals surface area contributed by atoms with Crippen molar-refractivity contribution in [3.8, 4) is 17.1 Å². The van der Waals surface area contributed by atoms with Crippen molar-refractivity contribution in [2.75, 3.05) is 32.7 Å². The highest BCUT2D eigenvalue weighted by atomic mass is 16.5. The van der Waals surface area contributed by atoms with Gasteiger partial charge in [0.25, 0.3) is 5.91 Å². The van der Waals surface area contributed by atoms with Gasteiger partial charge in [-0.25, -0.2) is 9.97 Å². The second-order valence-electron chi connectivity index (χ2n) is 6.83. The Morgan fingerprint density at radius 2 is 1.97 bits per heavy atom. The van der Waals surface area contributed by atoms with E-state index in [9.17, 15) is 4.79 Å². The maximum atomic E-state index is 12.4. The molecule has 8 heteroatoms. The van der Waals surface area contributed by atoms with E-state index in [0.29, 0.717) is 35.9 Å². The summed E-state index contributed by atoms with van der Waals surface area (Å²) in [5.41, 5.74) is 3.75. The molecule has 0 saturated heterocycles. The summed E-state index contributed by atoms with van der Waals surface area (Å²) >= 11 is 0. The number of methoxy groups -OCH3 is 2. The van der Waals surface area contributed by atoms with Crippen LogP contribution in [0.5, 0.6) is 5.75 Å². The summed E-state index contributed by atoms with van der Waals surface area (Å²) in [6.45, 7) is 0.917. The van der Waals surface area contributed by atoms with Gasteiger partial charge in [-0.2, -0.15) is 0 Å². The predicted octanol–water partition coefficient (Wildman–Crippen LogP) is 3.75. The van der Waals surface area contributed by atoms with Gasteiger partial charge in [0.05, 0.1) is 19.2 Å². The first-order valence-electron chi connectivity index (χ1n) is 9.81. The van der Waals surface area contributed by atoms with E-state index in [-0.39, 0.29) is 5.91 Å². The minimum Gasteiger partial charge on any atom is -0.497 e. The first kappa shape index (κ1) is 20.4. The molecule has 2 heterocycles. The number of carbonyl (C=O) groups is 1. The zero-order chi connectivity index (χ0) is 21.6. The fourth-order valence-electron chi connectivity index (χ4n) is 3.18.